The summed E-state index contributed by atoms with van der Waals surface area (Å²) in [7, 11) is 0. The minimum Gasteiger partial charge on any atom is -0.488 e. The molecule has 5 rings (SSSR count). The van der Waals surface area contributed by atoms with Crippen molar-refractivity contribution in [3.63, 3.8) is 0 Å². The van der Waals surface area contributed by atoms with Crippen molar-refractivity contribution < 1.29 is 28.1 Å². The van der Waals surface area contributed by atoms with E-state index in [-0.39, 0.29) is 12.1 Å². The van der Waals surface area contributed by atoms with Crippen LogP contribution >= 0.6 is 0 Å². The predicted octanol–water partition coefficient (Wildman–Crippen LogP) is 3.95. The smallest absolute Gasteiger partial charge is 0.324 e. The molecule has 2 amide bonds. The number of anilines is 3. The summed E-state index contributed by atoms with van der Waals surface area (Å²) in [6.07, 6.45) is 0.571. The number of urea groups is 1. The molecule has 0 aliphatic carbocycles. The van der Waals surface area contributed by atoms with Crippen molar-refractivity contribution in [3.8, 4) is 17.1 Å². The molecule has 2 aliphatic heterocycles. The van der Waals surface area contributed by atoms with Gasteiger partial charge in [0.25, 0.3) is 0 Å². The first-order valence-corrected chi connectivity index (χ1v) is 12.0. The van der Waals surface area contributed by atoms with Gasteiger partial charge in [0.15, 0.2) is 23.7 Å². The van der Waals surface area contributed by atoms with Crippen LogP contribution in [0.15, 0.2) is 42.6 Å². The van der Waals surface area contributed by atoms with Crippen LogP contribution in [0.4, 0.5) is 26.5 Å². The maximum atomic E-state index is 13.1. The SMILES string of the molecule is CCOc1c(C2OC(C)O2)nc(-c2ccc(NC(=O)Nc3ccc(F)cc3)nc2)nc1N1CCOCC1. The zero-order valence-electron chi connectivity index (χ0n) is 20.4. The number of rotatable bonds is 7. The highest BCUT2D eigenvalue weighted by Crippen LogP contribution is 2.41. The molecule has 2 N–H and O–H groups in total. The van der Waals surface area contributed by atoms with Gasteiger partial charge in [0, 0.05) is 30.5 Å². The molecule has 0 bridgehead atoms. The highest BCUT2D eigenvalue weighted by Gasteiger charge is 2.36. The molecule has 2 aromatic heterocycles. The van der Waals surface area contributed by atoms with Gasteiger partial charge in [-0.2, -0.15) is 0 Å². The number of benzene rings is 1. The van der Waals surface area contributed by atoms with Crippen LogP contribution in [0.25, 0.3) is 11.4 Å². The number of morpholine rings is 1. The van der Waals surface area contributed by atoms with Crippen LogP contribution in [0.5, 0.6) is 5.75 Å². The van der Waals surface area contributed by atoms with Crippen LogP contribution < -0.4 is 20.3 Å². The molecule has 4 heterocycles. The molecule has 3 aromatic rings. The number of carbonyl (C=O) groups is 1. The molecule has 0 unspecified atom stereocenters. The predicted molar refractivity (Wildman–Crippen MR) is 133 cm³/mol. The molecular weight excluding hydrogens is 483 g/mol. The van der Waals surface area contributed by atoms with Gasteiger partial charge in [-0.15, -0.1) is 0 Å². The monoisotopic (exact) mass is 510 g/mol. The second kappa shape index (κ2) is 11.0. The Morgan fingerprint density at radius 2 is 1.86 bits per heavy atom. The van der Waals surface area contributed by atoms with E-state index in [1.54, 1.807) is 18.3 Å². The Bertz CT molecular complexity index is 1230. The van der Waals surface area contributed by atoms with E-state index in [1.165, 1.54) is 24.3 Å². The van der Waals surface area contributed by atoms with Gasteiger partial charge < -0.3 is 29.2 Å². The number of nitrogens with zero attached hydrogens (tertiary/aromatic N) is 4. The topological polar surface area (TPSA) is 120 Å². The lowest BCUT2D eigenvalue weighted by Gasteiger charge is -2.35. The molecule has 0 saturated carbocycles. The lowest BCUT2D eigenvalue weighted by molar-refractivity contribution is -0.384. The van der Waals surface area contributed by atoms with Gasteiger partial charge in [-0.1, -0.05) is 0 Å². The van der Waals surface area contributed by atoms with E-state index in [1.807, 2.05) is 13.8 Å². The fraction of sp³-hybridized carbons (Fsp3) is 0.360. The number of halogens is 1. The van der Waals surface area contributed by atoms with E-state index in [0.29, 0.717) is 73.1 Å². The van der Waals surface area contributed by atoms with Gasteiger partial charge in [-0.05, 0) is 50.2 Å². The summed E-state index contributed by atoms with van der Waals surface area (Å²) in [6.45, 7) is 6.60. The number of ether oxygens (including phenoxy) is 4. The van der Waals surface area contributed by atoms with Gasteiger partial charge in [-0.25, -0.2) is 24.1 Å². The molecule has 2 saturated heterocycles. The highest BCUT2D eigenvalue weighted by atomic mass is 19.1. The molecule has 1 aromatic carbocycles. The van der Waals surface area contributed by atoms with Crippen LogP contribution in [0.3, 0.4) is 0 Å². The average Bonchev–Trinajstić information content (AvgIpc) is 2.89. The average molecular weight is 511 g/mol. The van der Waals surface area contributed by atoms with Crippen LogP contribution in [-0.2, 0) is 14.2 Å². The normalized spacial score (nSPS) is 19.2. The van der Waals surface area contributed by atoms with Crippen molar-refractivity contribution in [1.29, 1.82) is 0 Å². The lowest BCUT2D eigenvalue weighted by atomic mass is 10.2. The Kier molecular flexibility index (Phi) is 7.40. The number of carbonyl (C=O) groups excluding carboxylic acids is 1. The quantitative estimate of drug-likeness (QED) is 0.487. The Hall–Kier alpha value is -3.87. The maximum Gasteiger partial charge on any atom is 0.324 e. The van der Waals surface area contributed by atoms with Gasteiger partial charge in [0.2, 0.25) is 6.29 Å². The molecule has 2 aliphatic rings. The standard InChI is InChI=1S/C25H27FN6O5/c1-3-35-21-20(24-36-15(2)37-24)30-22(31-23(21)32-10-12-34-13-11-32)16-4-9-19(27-14-16)29-25(33)28-18-7-5-17(26)6-8-18/h4-9,14-15,24H,3,10-13H2,1-2H3,(H2,27,28,29,33). The molecule has 0 radical (unpaired) electrons. The third kappa shape index (κ3) is 5.77. The zero-order valence-corrected chi connectivity index (χ0v) is 20.4. The summed E-state index contributed by atoms with van der Waals surface area (Å²) < 4.78 is 36.0. The summed E-state index contributed by atoms with van der Waals surface area (Å²) in [4.78, 5) is 28.2. The zero-order chi connectivity index (χ0) is 25.8. The third-order valence-corrected chi connectivity index (χ3v) is 5.69. The number of aromatic nitrogens is 3. The second-order valence-electron chi connectivity index (χ2n) is 8.31. The molecular formula is C25H27FN6O5. The molecule has 12 heteroatoms. The van der Waals surface area contributed by atoms with E-state index in [2.05, 4.69) is 20.5 Å². The van der Waals surface area contributed by atoms with Crippen molar-refractivity contribution in [3.05, 3.63) is 54.1 Å². The number of hydrogen-bond acceptors (Lipinski definition) is 9. The van der Waals surface area contributed by atoms with Crippen molar-refractivity contribution in [2.24, 2.45) is 0 Å². The van der Waals surface area contributed by atoms with E-state index in [0.717, 1.165) is 0 Å². The van der Waals surface area contributed by atoms with E-state index in [9.17, 15) is 9.18 Å². The van der Waals surface area contributed by atoms with Crippen molar-refractivity contribution >= 4 is 23.4 Å². The Morgan fingerprint density at radius 3 is 2.51 bits per heavy atom. The molecule has 11 nitrogen and oxygen atoms in total. The molecule has 194 valence electrons. The van der Waals surface area contributed by atoms with Gasteiger partial charge in [0.05, 0.1) is 19.8 Å². The highest BCUT2D eigenvalue weighted by molar-refractivity contribution is 5.99. The fourth-order valence-electron chi connectivity index (χ4n) is 3.92. The largest absolute Gasteiger partial charge is 0.488 e. The van der Waals surface area contributed by atoms with Crippen LogP contribution in [-0.4, -0.2) is 60.2 Å². The summed E-state index contributed by atoms with van der Waals surface area (Å²) in [5, 5.41) is 5.27. The Balaban J connectivity index is 1.39. The summed E-state index contributed by atoms with van der Waals surface area (Å²) in [5.74, 6) is 1.51. The van der Waals surface area contributed by atoms with Gasteiger partial charge in [0.1, 0.15) is 17.3 Å². The van der Waals surface area contributed by atoms with E-state index >= 15 is 0 Å². The van der Waals surface area contributed by atoms with Crippen LogP contribution in [0.2, 0.25) is 0 Å². The minimum absolute atomic E-state index is 0.322. The maximum absolute atomic E-state index is 13.1. The Labute approximate surface area is 212 Å². The first-order chi connectivity index (χ1) is 18.0. The van der Waals surface area contributed by atoms with Crippen LogP contribution in [0.1, 0.15) is 25.8 Å². The van der Waals surface area contributed by atoms with E-state index < -0.39 is 12.3 Å². The molecule has 2 fully saturated rings. The number of pyridine rings is 1. The summed E-state index contributed by atoms with van der Waals surface area (Å²) in [5.41, 5.74) is 1.60. The second-order valence-corrected chi connectivity index (χ2v) is 8.31. The van der Waals surface area contributed by atoms with Gasteiger partial charge >= 0.3 is 6.03 Å². The van der Waals surface area contributed by atoms with Crippen molar-refractivity contribution in [1.82, 2.24) is 15.0 Å². The first-order valence-electron chi connectivity index (χ1n) is 12.0. The van der Waals surface area contributed by atoms with Crippen molar-refractivity contribution in [2.45, 2.75) is 26.4 Å². The van der Waals surface area contributed by atoms with Gasteiger partial charge in [-0.3, -0.25) is 5.32 Å². The first kappa shape index (κ1) is 24.8. The number of amides is 2. The lowest BCUT2D eigenvalue weighted by Crippen LogP contribution is -2.38. The number of hydrogen-bond donors (Lipinski definition) is 2. The number of nitrogens with one attached hydrogen (secondary N) is 2. The van der Waals surface area contributed by atoms with Crippen molar-refractivity contribution in [2.75, 3.05) is 48.4 Å². The molecule has 0 spiro atoms. The molecule has 37 heavy (non-hydrogen) atoms. The minimum atomic E-state index is -0.665. The van der Waals surface area contributed by atoms with Crippen LogP contribution in [0, 0.1) is 5.82 Å². The molecule has 0 atom stereocenters. The van der Waals surface area contributed by atoms with E-state index in [4.69, 9.17) is 28.9 Å². The Morgan fingerprint density at radius 1 is 1.11 bits per heavy atom. The fourth-order valence-corrected chi connectivity index (χ4v) is 3.92. The summed E-state index contributed by atoms with van der Waals surface area (Å²) in [6, 6.07) is 8.36. The summed E-state index contributed by atoms with van der Waals surface area (Å²) >= 11 is 0. The third-order valence-electron chi connectivity index (χ3n) is 5.69.